The van der Waals surface area contributed by atoms with E-state index in [1.165, 1.54) is 11.0 Å². The molecule has 0 bridgehead atoms. The fourth-order valence-electron chi connectivity index (χ4n) is 2.71. The number of aromatic nitrogens is 6. The van der Waals surface area contributed by atoms with Crippen molar-refractivity contribution in [1.82, 2.24) is 35.7 Å². The molecule has 3 N–H and O–H groups in total. The maximum absolute atomic E-state index is 12.3. The van der Waals surface area contributed by atoms with Crippen LogP contribution < -0.4 is 10.6 Å². The Balaban J connectivity index is 1.28. The number of tetrazole rings is 1. The normalized spacial score (nSPS) is 10.7. The molecule has 0 fully saturated rings. The largest absolute Gasteiger partial charge is 0.350 e. The zero-order chi connectivity index (χ0) is 19.3. The monoisotopic (exact) mass is 376 g/mol. The summed E-state index contributed by atoms with van der Waals surface area (Å²) in [7, 11) is 0. The molecule has 10 heteroatoms. The van der Waals surface area contributed by atoms with Crippen molar-refractivity contribution >= 4 is 28.4 Å². The summed E-state index contributed by atoms with van der Waals surface area (Å²) in [6, 6.07) is 14.4. The number of aromatic amines is 1. The summed E-state index contributed by atoms with van der Waals surface area (Å²) in [6.45, 7) is 0.203. The Morgan fingerprint density at radius 1 is 1.07 bits per heavy atom. The lowest BCUT2D eigenvalue weighted by molar-refractivity contribution is -0.116. The Morgan fingerprint density at radius 2 is 1.89 bits per heavy atom. The summed E-state index contributed by atoms with van der Waals surface area (Å²) in [5, 5.41) is 24.0. The van der Waals surface area contributed by atoms with Crippen LogP contribution in [0, 0.1) is 0 Å². The van der Waals surface area contributed by atoms with Crippen molar-refractivity contribution in [3.63, 3.8) is 0 Å². The highest BCUT2D eigenvalue weighted by molar-refractivity contribution is 6.04. The van der Waals surface area contributed by atoms with Crippen LogP contribution in [0.5, 0.6) is 0 Å². The Labute approximate surface area is 158 Å². The summed E-state index contributed by atoms with van der Waals surface area (Å²) < 4.78 is 1.51. The molecule has 0 spiro atoms. The SMILES string of the molecule is O=C(CCNC(=O)c1n[nH]c2ccccc12)Nc1ccc(-n2cnnn2)cc1. The van der Waals surface area contributed by atoms with E-state index in [9.17, 15) is 9.59 Å². The number of carbonyl (C=O) groups excluding carboxylic acids is 2. The number of nitrogens with one attached hydrogen (secondary N) is 3. The van der Waals surface area contributed by atoms with E-state index in [-0.39, 0.29) is 24.8 Å². The second-order valence-corrected chi connectivity index (χ2v) is 5.97. The van der Waals surface area contributed by atoms with Crippen molar-refractivity contribution in [2.45, 2.75) is 6.42 Å². The van der Waals surface area contributed by atoms with Crippen LogP contribution in [0.3, 0.4) is 0 Å². The van der Waals surface area contributed by atoms with E-state index in [0.29, 0.717) is 11.4 Å². The first kappa shape index (κ1) is 17.3. The molecule has 0 radical (unpaired) electrons. The number of amides is 2. The van der Waals surface area contributed by atoms with Crippen LogP contribution in [0.2, 0.25) is 0 Å². The van der Waals surface area contributed by atoms with Crippen LogP contribution >= 0.6 is 0 Å². The molecule has 0 saturated heterocycles. The van der Waals surface area contributed by atoms with Gasteiger partial charge < -0.3 is 10.6 Å². The summed E-state index contributed by atoms with van der Waals surface area (Å²) in [4.78, 5) is 24.4. The molecule has 10 nitrogen and oxygen atoms in total. The predicted molar refractivity (Wildman–Crippen MR) is 101 cm³/mol. The number of para-hydroxylation sites is 1. The number of fused-ring (bicyclic) bond motifs is 1. The lowest BCUT2D eigenvalue weighted by atomic mass is 10.2. The smallest absolute Gasteiger partial charge is 0.272 e. The molecule has 0 saturated carbocycles. The molecule has 2 heterocycles. The molecular weight excluding hydrogens is 360 g/mol. The van der Waals surface area contributed by atoms with Crippen molar-refractivity contribution in [1.29, 1.82) is 0 Å². The van der Waals surface area contributed by atoms with Crippen molar-refractivity contribution in [3.05, 3.63) is 60.6 Å². The van der Waals surface area contributed by atoms with Crippen molar-refractivity contribution in [3.8, 4) is 5.69 Å². The molecule has 2 amide bonds. The minimum absolute atomic E-state index is 0.142. The highest BCUT2D eigenvalue weighted by Gasteiger charge is 2.13. The molecule has 4 rings (SSSR count). The number of rotatable bonds is 6. The molecule has 0 aliphatic rings. The second kappa shape index (κ2) is 7.66. The average molecular weight is 376 g/mol. The number of hydrogen-bond acceptors (Lipinski definition) is 6. The van der Waals surface area contributed by atoms with E-state index in [4.69, 9.17) is 0 Å². The molecule has 0 unspecified atom stereocenters. The first-order chi connectivity index (χ1) is 13.7. The second-order valence-electron chi connectivity index (χ2n) is 5.97. The topological polar surface area (TPSA) is 130 Å². The summed E-state index contributed by atoms with van der Waals surface area (Å²) in [6.07, 6.45) is 1.63. The van der Waals surface area contributed by atoms with E-state index in [1.54, 1.807) is 24.3 Å². The maximum Gasteiger partial charge on any atom is 0.272 e. The lowest BCUT2D eigenvalue weighted by Gasteiger charge is -2.07. The molecule has 2 aromatic carbocycles. The number of carbonyl (C=O) groups is 2. The van der Waals surface area contributed by atoms with Crippen molar-refractivity contribution in [2.24, 2.45) is 0 Å². The third-order valence-electron chi connectivity index (χ3n) is 4.09. The van der Waals surface area contributed by atoms with Crippen LogP contribution in [-0.2, 0) is 4.79 Å². The van der Waals surface area contributed by atoms with Gasteiger partial charge in [-0.3, -0.25) is 14.7 Å². The minimum atomic E-state index is -0.323. The van der Waals surface area contributed by atoms with Gasteiger partial charge in [0.2, 0.25) is 5.91 Å². The summed E-state index contributed by atoms with van der Waals surface area (Å²) in [5.74, 6) is -0.529. The number of H-pyrrole nitrogens is 1. The van der Waals surface area contributed by atoms with Gasteiger partial charge in [-0.1, -0.05) is 18.2 Å². The standard InChI is InChI=1S/C18H16N8O2/c27-16(21-12-5-7-13(8-6-12)26-11-20-24-25-26)9-10-19-18(28)17-14-3-1-2-4-15(14)22-23-17/h1-8,11H,9-10H2,(H,19,28)(H,21,27)(H,22,23). The first-order valence-corrected chi connectivity index (χ1v) is 8.55. The van der Waals surface area contributed by atoms with Gasteiger partial charge in [0.05, 0.1) is 11.2 Å². The summed E-state index contributed by atoms with van der Waals surface area (Å²) >= 11 is 0. The van der Waals surface area contributed by atoms with E-state index in [2.05, 4.69) is 36.4 Å². The fourth-order valence-corrected chi connectivity index (χ4v) is 2.71. The van der Waals surface area contributed by atoms with Gasteiger partial charge in [-0.15, -0.1) is 5.10 Å². The van der Waals surface area contributed by atoms with Crippen molar-refractivity contribution < 1.29 is 9.59 Å². The van der Waals surface area contributed by atoms with Crippen LogP contribution in [0.25, 0.3) is 16.6 Å². The number of benzene rings is 2. The van der Waals surface area contributed by atoms with Gasteiger partial charge in [0, 0.05) is 24.0 Å². The van der Waals surface area contributed by atoms with Crippen molar-refractivity contribution in [2.75, 3.05) is 11.9 Å². The first-order valence-electron chi connectivity index (χ1n) is 8.55. The van der Waals surface area contributed by atoms with E-state index in [0.717, 1.165) is 16.6 Å². The lowest BCUT2D eigenvalue weighted by Crippen LogP contribution is -2.28. The average Bonchev–Trinajstić information content (AvgIpc) is 3.38. The van der Waals surface area contributed by atoms with Crippen LogP contribution in [0.4, 0.5) is 5.69 Å². The summed E-state index contributed by atoms with van der Waals surface area (Å²) in [5.41, 5.74) is 2.53. The van der Waals surface area contributed by atoms with Gasteiger partial charge >= 0.3 is 0 Å². The predicted octanol–water partition coefficient (Wildman–Crippen LogP) is 1.30. The highest BCUT2D eigenvalue weighted by Crippen LogP contribution is 2.15. The Bertz CT molecular complexity index is 1100. The molecule has 0 atom stereocenters. The molecule has 4 aromatic rings. The molecule has 0 aliphatic heterocycles. The minimum Gasteiger partial charge on any atom is -0.350 e. The van der Waals surface area contributed by atoms with Gasteiger partial charge in [0.15, 0.2) is 5.69 Å². The maximum atomic E-state index is 12.3. The zero-order valence-electron chi connectivity index (χ0n) is 14.7. The Morgan fingerprint density at radius 3 is 2.68 bits per heavy atom. The number of nitrogens with zero attached hydrogens (tertiary/aromatic N) is 5. The number of anilines is 1. The zero-order valence-corrected chi connectivity index (χ0v) is 14.7. The van der Waals surface area contributed by atoms with Crippen LogP contribution in [0.15, 0.2) is 54.9 Å². The van der Waals surface area contributed by atoms with Gasteiger partial charge in [-0.2, -0.15) is 5.10 Å². The van der Waals surface area contributed by atoms with Gasteiger partial charge in [0.25, 0.3) is 5.91 Å². The van der Waals surface area contributed by atoms with E-state index in [1.807, 2.05) is 24.3 Å². The van der Waals surface area contributed by atoms with Gasteiger partial charge in [0.1, 0.15) is 6.33 Å². The Kier molecular flexibility index (Phi) is 4.74. The Hall–Kier alpha value is -4.08. The fraction of sp³-hybridized carbons (Fsp3) is 0.111. The highest BCUT2D eigenvalue weighted by atomic mass is 16.2. The number of hydrogen-bond donors (Lipinski definition) is 3. The molecule has 140 valence electrons. The third-order valence-corrected chi connectivity index (χ3v) is 4.09. The van der Waals surface area contributed by atoms with Crippen LogP contribution in [-0.4, -0.2) is 48.8 Å². The molecule has 2 aromatic heterocycles. The van der Waals surface area contributed by atoms with Gasteiger partial charge in [-0.25, -0.2) is 4.68 Å². The quantitative estimate of drug-likeness (QED) is 0.465. The third kappa shape index (κ3) is 3.70. The van der Waals surface area contributed by atoms with Crippen LogP contribution in [0.1, 0.15) is 16.9 Å². The van der Waals surface area contributed by atoms with Gasteiger partial charge in [-0.05, 0) is 40.8 Å². The molecule has 28 heavy (non-hydrogen) atoms. The molecular formula is C18H16N8O2. The van der Waals surface area contributed by atoms with E-state index < -0.39 is 0 Å². The molecule has 0 aliphatic carbocycles. The van der Waals surface area contributed by atoms with E-state index >= 15 is 0 Å².